The number of carbonyl (C=O) groups is 1. The van der Waals surface area contributed by atoms with Crippen molar-refractivity contribution in [1.82, 2.24) is 24.8 Å². The van der Waals surface area contributed by atoms with Gasteiger partial charge in [0.15, 0.2) is 11.5 Å². The van der Waals surface area contributed by atoms with E-state index >= 15 is 0 Å². The van der Waals surface area contributed by atoms with Crippen molar-refractivity contribution in [2.24, 2.45) is 5.92 Å². The Morgan fingerprint density at radius 3 is 2.52 bits per heavy atom. The second-order valence-electron chi connectivity index (χ2n) is 8.16. The summed E-state index contributed by atoms with van der Waals surface area (Å²) in [5.41, 5.74) is -0.468. The lowest BCUT2D eigenvalue weighted by atomic mass is 10.0. The van der Waals surface area contributed by atoms with Crippen molar-refractivity contribution in [3.8, 4) is 11.4 Å². The fourth-order valence-corrected chi connectivity index (χ4v) is 4.63. The van der Waals surface area contributed by atoms with Gasteiger partial charge in [-0.1, -0.05) is 0 Å². The van der Waals surface area contributed by atoms with Crippen LogP contribution in [0.15, 0.2) is 49.1 Å². The highest BCUT2D eigenvalue weighted by atomic mass is 19.4. The van der Waals surface area contributed by atoms with Gasteiger partial charge in [0, 0.05) is 30.5 Å². The topological polar surface area (TPSA) is 83.9 Å². The first-order valence-electron chi connectivity index (χ1n) is 10.3. The maximum Gasteiger partial charge on any atom is 0.434 e. The maximum atomic E-state index is 14.1. The number of hydrogen-bond acceptors (Lipinski definition) is 6. The summed E-state index contributed by atoms with van der Waals surface area (Å²) in [5, 5.41) is 3.11. The maximum absolute atomic E-state index is 14.1. The van der Waals surface area contributed by atoms with Crippen LogP contribution in [0.4, 0.5) is 23.4 Å². The molecule has 1 aromatic carbocycles. The molecule has 0 radical (unpaired) electrons. The van der Waals surface area contributed by atoms with Crippen LogP contribution in [0.3, 0.4) is 0 Å². The number of nitrogens with zero attached hydrogens (tertiary/aromatic N) is 5. The number of aromatic nitrogens is 4. The summed E-state index contributed by atoms with van der Waals surface area (Å²) in [6.07, 6.45) is 1.73. The Bertz CT molecular complexity index is 1170. The molecule has 3 heterocycles. The summed E-state index contributed by atoms with van der Waals surface area (Å²) in [5.74, 6) is -0.132. The third-order valence-corrected chi connectivity index (χ3v) is 6.04. The van der Waals surface area contributed by atoms with Gasteiger partial charge in [-0.2, -0.15) is 13.2 Å². The number of rotatable bonds is 4. The number of benzene rings is 1. The molecule has 3 aromatic rings. The minimum absolute atomic E-state index is 0.168. The molecule has 2 aromatic heterocycles. The molecular formula is C22H18F4N6O. The fourth-order valence-electron chi connectivity index (χ4n) is 4.63. The number of likely N-dealkylation sites (tertiary alicyclic amines) is 1. The first-order chi connectivity index (χ1) is 15.8. The lowest BCUT2D eigenvalue weighted by Crippen LogP contribution is -2.48. The number of hydrogen-bond donors (Lipinski definition) is 1. The zero-order valence-electron chi connectivity index (χ0n) is 17.1. The Morgan fingerprint density at radius 2 is 1.85 bits per heavy atom. The minimum atomic E-state index is -4.56. The van der Waals surface area contributed by atoms with Gasteiger partial charge in [-0.15, -0.1) is 0 Å². The van der Waals surface area contributed by atoms with E-state index in [-0.39, 0.29) is 35.3 Å². The molecule has 1 saturated heterocycles. The van der Waals surface area contributed by atoms with E-state index in [9.17, 15) is 22.4 Å². The molecule has 1 N–H and O–H groups in total. The van der Waals surface area contributed by atoms with Crippen LogP contribution < -0.4 is 5.32 Å². The molecule has 1 amide bonds. The van der Waals surface area contributed by atoms with Crippen LogP contribution in [0.5, 0.6) is 0 Å². The van der Waals surface area contributed by atoms with Gasteiger partial charge in [-0.3, -0.25) is 4.79 Å². The number of piperidine rings is 1. The van der Waals surface area contributed by atoms with E-state index in [1.165, 1.54) is 18.2 Å². The second kappa shape index (κ2) is 8.05. The van der Waals surface area contributed by atoms with Gasteiger partial charge in [-0.05, 0) is 43.0 Å². The number of anilines is 1. The lowest BCUT2D eigenvalue weighted by molar-refractivity contribution is -0.141. The number of alkyl halides is 3. The van der Waals surface area contributed by atoms with Crippen molar-refractivity contribution in [3.63, 3.8) is 0 Å². The highest BCUT2D eigenvalue weighted by Gasteiger charge is 2.47. The van der Waals surface area contributed by atoms with E-state index in [1.807, 2.05) is 0 Å². The summed E-state index contributed by atoms with van der Waals surface area (Å²) < 4.78 is 52.2. The molecule has 5 rings (SSSR count). The minimum Gasteiger partial charge on any atom is -0.364 e. The largest absolute Gasteiger partial charge is 0.434 e. The molecule has 0 unspecified atom stereocenters. The molecule has 2 bridgehead atoms. The Balaban J connectivity index is 1.37. The molecule has 2 aliphatic rings. The summed E-state index contributed by atoms with van der Waals surface area (Å²) >= 11 is 0. The zero-order valence-corrected chi connectivity index (χ0v) is 17.1. The van der Waals surface area contributed by atoms with Crippen LogP contribution >= 0.6 is 0 Å². The first kappa shape index (κ1) is 21.2. The second-order valence-corrected chi connectivity index (χ2v) is 8.16. The van der Waals surface area contributed by atoms with Crippen molar-refractivity contribution < 1.29 is 22.4 Å². The van der Waals surface area contributed by atoms with E-state index in [0.717, 1.165) is 19.0 Å². The third-order valence-electron chi connectivity index (χ3n) is 6.04. The number of carbonyl (C=O) groups excluding carboxylic acids is 1. The van der Waals surface area contributed by atoms with Crippen LogP contribution in [0.2, 0.25) is 0 Å². The monoisotopic (exact) mass is 458 g/mol. The Hall–Kier alpha value is -3.63. The molecule has 1 aliphatic carbocycles. The van der Waals surface area contributed by atoms with Crippen molar-refractivity contribution in [2.75, 3.05) is 11.9 Å². The Morgan fingerprint density at radius 1 is 1.06 bits per heavy atom. The van der Waals surface area contributed by atoms with Crippen molar-refractivity contribution in [3.05, 3.63) is 66.1 Å². The van der Waals surface area contributed by atoms with Crippen molar-refractivity contribution >= 4 is 11.7 Å². The molecule has 7 nitrogen and oxygen atoms in total. The van der Waals surface area contributed by atoms with Gasteiger partial charge in [0.2, 0.25) is 0 Å². The van der Waals surface area contributed by atoms with Gasteiger partial charge in [0.1, 0.15) is 11.6 Å². The summed E-state index contributed by atoms with van der Waals surface area (Å²) in [4.78, 5) is 30.8. The first-order valence-corrected chi connectivity index (χ1v) is 10.3. The summed E-state index contributed by atoms with van der Waals surface area (Å²) in [6, 6.07) is 5.16. The highest BCUT2D eigenvalue weighted by Crippen LogP contribution is 2.40. The molecule has 2 fully saturated rings. The van der Waals surface area contributed by atoms with E-state index in [2.05, 4.69) is 25.3 Å². The smallest absolute Gasteiger partial charge is 0.364 e. The molecule has 3 atom stereocenters. The summed E-state index contributed by atoms with van der Waals surface area (Å²) in [6.45, 7) is 0.520. The van der Waals surface area contributed by atoms with Crippen LogP contribution in [0, 0.1) is 11.7 Å². The zero-order chi connectivity index (χ0) is 23.2. The average Bonchev–Trinajstić information content (AvgIpc) is 3.39. The number of halogens is 4. The van der Waals surface area contributed by atoms with Crippen LogP contribution in [-0.4, -0.2) is 49.4 Å². The van der Waals surface area contributed by atoms with Crippen molar-refractivity contribution in [2.45, 2.75) is 31.1 Å². The van der Waals surface area contributed by atoms with Crippen molar-refractivity contribution in [1.29, 1.82) is 0 Å². The van der Waals surface area contributed by atoms with E-state index in [1.54, 1.807) is 23.4 Å². The molecule has 1 saturated carbocycles. The Labute approximate surface area is 185 Å². The van der Waals surface area contributed by atoms with Gasteiger partial charge >= 0.3 is 6.18 Å². The molecule has 11 heteroatoms. The molecule has 0 spiro atoms. The van der Waals surface area contributed by atoms with E-state index < -0.39 is 17.7 Å². The normalized spacial score (nSPS) is 21.9. The summed E-state index contributed by atoms with van der Waals surface area (Å²) in [7, 11) is 0. The third kappa shape index (κ3) is 4.10. The van der Waals surface area contributed by atoms with Crippen LogP contribution in [0.25, 0.3) is 11.4 Å². The molecule has 33 heavy (non-hydrogen) atoms. The molecule has 170 valence electrons. The SMILES string of the molecule is O=C(c1cc(F)ccc1-c1ncccn1)N1C[C@@H]2C[C@@H](Nc3cnc(C(F)(F)F)cn3)[C@@H]1C2. The van der Waals surface area contributed by atoms with E-state index in [0.29, 0.717) is 24.1 Å². The fraction of sp³-hybridized carbons (Fsp3) is 0.318. The highest BCUT2D eigenvalue weighted by molar-refractivity contribution is 6.00. The predicted octanol–water partition coefficient (Wildman–Crippen LogP) is 3.81. The lowest BCUT2D eigenvalue weighted by Gasteiger charge is -2.34. The van der Waals surface area contributed by atoms with Gasteiger partial charge in [0.05, 0.1) is 24.0 Å². The predicted molar refractivity (Wildman–Crippen MR) is 109 cm³/mol. The molecule has 1 aliphatic heterocycles. The standard InChI is InChI=1S/C22H18F4N6O/c23-13-2-3-14(20-27-4-1-5-28-20)15(8-13)21(33)32-11-12-6-16(17(32)7-12)31-19-10-29-18(9-30-19)22(24,25)26/h1-5,8-10,12,16-17H,6-7,11H2,(H,30,31)/t12-,16-,17+/m1/s1. The number of nitrogens with one attached hydrogen (secondary N) is 1. The van der Waals surface area contributed by atoms with Gasteiger partial charge < -0.3 is 10.2 Å². The van der Waals surface area contributed by atoms with Crippen LogP contribution in [-0.2, 0) is 6.18 Å². The average molecular weight is 458 g/mol. The number of fused-ring (bicyclic) bond motifs is 2. The Kier molecular flexibility index (Phi) is 5.18. The quantitative estimate of drug-likeness (QED) is 0.599. The van der Waals surface area contributed by atoms with Gasteiger partial charge in [-0.25, -0.2) is 24.3 Å². The number of amides is 1. The van der Waals surface area contributed by atoms with Crippen LogP contribution in [0.1, 0.15) is 28.9 Å². The van der Waals surface area contributed by atoms with E-state index in [4.69, 9.17) is 0 Å². The van der Waals surface area contributed by atoms with Gasteiger partial charge in [0.25, 0.3) is 5.91 Å². The molecular weight excluding hydrogens is 440 g/mol.